The van der Waals surface area contributed by atoms with Gasteiger partial charge in [-0.3, -0.25) is 0 Å². The standard InChI is InChI=1S/C9H11F3N2O2/c10-9(11,12)6-3-1-5(2-4-6)7-13-14-8(15)16-7/h5-6H,1-4H2,(H,14,15). The second-order valence-corrected chi connectivity index (χ2v) is 4.04. The molecule has 0 unspecified atom stereocenters. The minimum atomic E-state index is -4.11. The van der Waals surface area contributed by atoms with Crippen LogP contribution in [0.2, 0.25) is 0 Å². The average molecular weight is 236 g/mol. The summed E-state index contributed by atoms with van der Waals surface area (Å²) in [5.41, 5.74) is 0. The summed E-state index contributed by atoms with van der Waals surface area (Å²) >= 11 is 0. The lowest BCUT2D eigenvalue weighted by Gasteiger charge is -2.27. The molecule has 0 bridgehead atoms. The zero-order chi connectivity index (χ0) is 11.8. The van der Waals surface area contributed by atoms with Crippen LogP contribution in [0.3, 0.4) is 0 Å². The number of nitrogens with one attached hydrogen (secondary N) is 1. The third-order valence-electron chi connectivity index (χ3n) is 2.99. The second-order valence-electron chi connectivity index (χ2n) is 4.04. The maximum atomic E-state index is 12.4. The molecule has 0 spiro atoms. The first-order valence-corrected chi connectivity index (χ1v) is 5.09. The van der Waals surface area contributed by atoms with Crippen molar-refractivity contribution in [1.82, 2.24) is 10.2 Å². The van der Waals surface area contributed by atoms with Crippen molar-refractivity contribution in [2.24, 2.45) is 5.92 Å². The summed E-state index contributed by atoms with van der Waals surface area (Å²) in [4.78, 5) is 10.7. The van der Waals surface area contributed by atoms with E-state index in [1.165, 1.54) is 0 Å². The molecule has 7 heteroatoms. The van der Waals surface area contributed by atoms with Crippen molar-refractivity contribution < 1.29 is 17.6 Å². The van der Waals surface area contributed by atoms with Crippen LogP contribution in [0.15, 0.2) is 9.21 Å². The van der Waals surface area contributed by atoms with Crippen molar-refractivity contribution in [3.63, 3.8) is 0 Å². The van der Waals surface area contributed by atoms with Gasteiger partial charge in [-0.25, -0.2) is 9.89 Å². The van der Waals surface area contributed by atoms with Crippen molar-refractivity contribution in [1.29, 1.82) is 0 Å². The van der Waals surface area contributed by atoms with E-state index in [-0.39, 0.29) is 24.7 Å². The van der Waals surface area contributed by atoms with E-state index in [1.807, 2.05) is 0 Å². The number of hydrogen-bond acceptors (Lipinski definition) is 3. The van der Waals surface area contributed by atoms with Crippen LogP contribution in [-0.2, 0) is 0 Å². The molecule has 1 heterocycles. The average Bonchev–Trinajstić information content (AvgIpc) is 2.64. The van der Waals surface area contributed by atoms with Crippen LogP contribution in [0.1, 0.15) is 37.5 Å². The van der Waals surface area contributed by atoms with Crippen molar-refractivity contribution >= 4 is 0 Å². The van der Waals surface area contributed by atoms with Gasteiger partial charge in [-0.1, -0.05) is 0 Å². The van der Waals surface area contributed by atoms with Crippen LogP contribution in [0.4, 0.5) is 13.2 Å². The van der Waals surface area contributed by atoms with E-state index in [1.54, 1.807) is 0 Å². The fourth-order valence-corrected chi connectivity index (χ4v) is 2.08. The molecule has 1 aliphatic rings. The van der Waals surface area contributed by atoms with Gasteiger partial charge in [0.05, 0.1) is 5.92 Å². The molecular weight excluding hydrogens is 225 g/mol. The van der Waals surface area contributed by atoms with Crippen LogP contribution >= 0.6 is 0 Å². The predicted octanol–water partition coefficient (Wildman–Crippen LogP) is 2.20. The number of nitrogens with zero attached hydrogens (tertiary/aromatic N) is 1. The quantitative estimate of drug-likeness (QED) is 0.813. The molecule has 1 N–H and O–H groups in total. The molecule has 0 aliphatic heterocycles. The summed E-state index contributed by atoms with van der Waals surface area (Å²) in [5, 5.41) is 5.75. The number of aromatic amines is 1. The van der Waals surface area contributed by atoms with Crippen LogP contribution < -0.4 is 5.76 Å². The molecule has 1 saturated carbocycles. The third-order valence-corrected chi connectivity index (χ3v) is 2.99. The van der Waals surface area contributed by atoms with Gasteiger partial charge in [-0.2, -0.15) is 13.2 Å². The molecular formula is C9H11F3N2O2. The summed E-state index contributed by atoms with van der Waals surface area (Å²) in [7, 11) is 0. The van der Waals surface area contributed by atoms with Gasteiger partial charge in [-0.05, 0) is 25.7 Å². The first-order valence-electron chi connectivity index (χ1n) is 5.09. The molecule has 2 rings (SSSR count). The molecule has 1 aliphatic carbocycles. The highest BCUT2D eigenvalue weighted by molar-refractivity contribution is 4.92. The second kappa shape index (κ2) is 3.95. The highest BCUT2D eigenvalue weighted by atomic mass is 19.4. The van der Waals surface area contributed by atoms with E-state index in [2.05, 4.69) is 10.2 Å². The minimum Gasteiger partial charge on any atom is -0.392 e. The monoisotopic (exact) mass is 236 g/mol. The van der Waals surface area contributed by atoms with Crippen molar-refractivity contribution in [3.05, 3.63) is 16.4 Å². The largest absolute Gasteiger partial charge is 0.434 e. The Morgan fingerprint density at radius 2 is 1.88 bits per heavy atom. The van der Waals surface area contributed by atoms with E-state index in [9.17, 15) is 18.0 Å². The van der Waals surface area contributed by atoms with Crippen LogP contribution in [-0.4, -0.2) is 16.4 Å². The molecule has 1 aromatic heterocycles. The Morgan fingerprint density at radius 1 is 1.25 bits per heavy atom. The van der Waals surface area contributed by atoms with Crippen LogP contribution in [0, 0.1) is 5.92 Å². The maximum absolute atomic E-state index is 12.4. The fourth-order valence-electron chi connectivity index (χ4n) is 2.08. The van der Waals surface area contributed by atoms with E-state index in [0.717, 1.165) is 0 Å². The Bertz CT molecular complexity index is 401. The van der Waals surface area contributed by atoms with E-state index in [4.69, 9.17) is 4.42 Å². The molecule has 1 aromatic rings. The minimum absolute atomic E-state index is 0.0741. The van der Waals surface area contributed by atoms with Crippen molar-refractivity contribution in [3.8, 4) is 0 Å². The lowest BCUT2D eigenvalue weighted by Crippen LogP contribution is -2.27. The van der Waals surface area contributed by atoms with Gasteiger partial charge in [0.1, 0.15) is 0 Å². The number of rotatable bonds is 1. The smallest absolute Gasteiger partial charge is 0.392 e. The van der Waals surface area contributed by atoms with Gasteiger partial charge in [-0.15, -0.1) is 5.10 Å². The Morgan fingerprint density at radius 3 is 2.31 bits per heavy atom. The van der Waals surface area contributed by atoms with Gasteiger partial charge < -0.3 is 4.42 Å². The van der Waals surface area contributed by atoms with E-state index in [0.29, 0.717) is 12.8 Å². The molecule has 90 valence electrons. The number of aromatic nitrogens is 2. The third kappa shape index (κ3) is 2.28. The van der Waals surface area contributed by atoms with E-state index < -0.39 is 17.9 Å². The normalized spacial score (nSPS) is 26.9. The predicted molar refractivity (Wildman–Crippen MR) is 47.9 cm³/mol. The molecule has 0 radical (unpaired) electrons. The Labute approximate surface area is 88.8 Å². The summed E-state index contributed by atoms with van der Waals surface area (Å²) in [6.45, 7) is 0. The van der Waals surface area contributed by atoms with Crippen molar-refractivity contribution in [2.45, 2.75) is 37.8 Å². The zero-order valence-corrected chi connectivity index (χ0v) is 8.38. The SMILES string of the molecule is O=c1[nH]nc(C2CCC(C(F)(F)F)CC2)o1. The number of halogens is 3. The first kappa shape index (κ1) is 11.2. The van der Waals surface area contributed by atoms with E-state index >= 15 is 0 Å². The molecule has 4 nitrogen and oxygen atoms in total. The molecule has 0 amide bonds. The van der Waals surface area contributed by atoms with Crippen LogP contribution in [0.5, 0.6) is 0 Å². The molecule has 0 saturated heterocycles. The van der Waals surface area contributed by atoms with Crippen LogP contribution in [0.25, 0.3) is 0 Å². The fraction of sp³-hybridized carbons (Fsp3) is 0.778. The summed E-state index contributed by atoms with van der Waals surface area (Å²) in [6, 6.07) is 0. The first-order chi connectivity index (χ1) is 7.47. The Balaban J connectivity index is 1.98. The summed E-state index contributed by atoms with van der Waals surface area (Å²) in [6.07, 6.45) is -3.25. The van der Waals surface area contributed by atoms with Gasteiger partial charge in [0.25, 0.3) is 0 Å². The highest BCUT2D eigenvalue weighted by Crippen LogP contribution is 2.42. The Kier molecular flexibility index (Phi) is 2.77. The lowest BCUT2D eigenvalue weighted by molar-refractivity contribution is -0.182. The topological polar surface area (TPSA) is 58.9 Å². The summed E-state index contributed by atoms with van der Waals surface area (Å²) < 4.78 is 41.9. The molecule has 16 heavy (non-hydrogen) atoms. The molecule has 0 atom stereocenters. The van der Waals surface area contributed by atoms with Crippen molar-refractivity contribution in [2.75, 3.05) is 0 Å². The number of hydrogen-bond donors (Lipinski definition) is 1. The highest BCUT2D eigenvalue weighted by Gasteiger charge is 2.42. The maximum Gasteiger partial charge on any atom is 0.434 e. The Hall–Kier alpha value is -1.27. The van der Waals surface area contributed by atoms with Gasteiger partial charge in [0.2, 0.25) is 5.89 Å². The van der Waals surface area contributed by atoms with Gasteiger partial charge in [0, 0.05) is 5.92 Å². The number of alkyl halides is 3. The molecule has 1 fully saturated rings. The lowest BCUT2D eigenvalue weighted by atomic mass is 9.81. The van der Waals surface area contributed by atoms with Gasteiger partial charge >= 0.3 is 11.9 Å². The van der Waals surface area contributed by atoms with Gasteiger partial charge in [0.15, 0.2) is 0 Å². The zero-order valence-electron chi connectivity index (χ0n) is 8.38. The summed E-state index contributed by atoms with van der Waals surface area (Å²) in [5.74, 6) is -1.83. The molecule has 0 aromatic carbocycles. The number of H-pyrrole nitrogens is 1.